The summed E-state index contributed by atoms with van der Waals surface area (Å²) >= 11 is 0. The van der Waals surface area contributed by atoms with Crippen molar-refractivity contribution in [2.75, 3.05) is 18.4 Å². The molecule has 2 heterocycles. The molecule has 0 bridgehead atoms. The number of nitrogens with one attached hydrogen (secondary N) is 1. The van der Waals surface area contributed by atoms with Crippen molar-refractivity contribution < 1.29 is 13.2 Å². The van der Waals surface area contributed by atoms with Gasteiger partial charge in [0.15, 0.2) is 0 Å². The number of aromatic nitrogens is 1. The smallest absolute Gasteiger partial charge is 0.251 e. The Hall–Kier alpha value is -2.97. The molecule has 1 aromatic heterocycles. The van der Waals surface area contributed by atoms with Gasteiger partial charge in [-0.1, -0.05) is 24.6 Å². The number of nitrogens with zero attached hydrogens (tertiary/aromatic N) is 2. The highest BCUT2D eigenvalue weighted by molar-refractivity contribution is 7.89. The maximum Gasteiger partial charge on any atom is 0.251 e. The monoisotopic (exact) mass is 453 g/mol. The number of hydrogen-bond donors (Lipinski definition) is 1. The van der Waals surface area contributed by atoms with Crippen LogP contribution < -0.4 is 10.9 Å². The minimum atomic E-state index is -3.60. The quantitative estimate of drug-likeness (QED) is 0.642. The van der Waals surface area contributed by atoms with Crippen molar-refractivity contribution >= 4 is 32.5 Å². The Balaban J connectivity index is 1.60. The van der Waals surface area contributed by atoms with Crippen LogP contribution in [0.2, 0.25) is 0 Å². The Morgan fingerprint density at radius 3 is 2.41 bits per heavy atom. The van der Waals surface area contributed by atoms with Gasteiger partial charge in [-0.3, -0.25) is 14.2 Å². The van der Waals surface area contributed by atoms with Crippen molar-refractivity contribution in [3.05, 3.63) is 70.5 Å². The summed E-state index contributed by atoms with van der Waals surface area (Å²) in [6.07, 6.45) is 1.70. The summed E-state index contributed by atoms with van der Waals surface area (Å²) in [5.41, 5.74) is 1.93. The van der Waals surface area contributed by atoms with E-state index >= 15 is 0 Å². The van der Waals surface area contributed by atoms with Crippen molar-refractivity contribution in [2.24, 2.45) is 5.92 Å². The standard InChI is InChI=1S/C24H27N3O4S/c1-17-3-6-20(7-4-17)25-23(28)16-27-22-9-8-21(15-19(22)5-10-24(27)29)32(30,31)26-13-11-18(2)12-14-26/h3-10,15,18H,11-14,16H2,1-2H3,(H,25,28). The third-order valence-electron chi connectivity index (χ3n) is 5.98. The molecule has 7 nitrogen and oxygen atoms in total. The molecule has 1 saturated heterocycles. The van der Waals surface area contributed by atoms with E-state index in [1.807, 2.05) is 19.1 Å². The average molecular weight is 454 g/mol. The zero-order chi connectivity index (χ0) is 22.9. The third kappa shape index (κ3) is 4.61. The third-order valence-corrected chi connectivity index (χ3v) is 7.87. The number of aryl methyl sites for hydroxylation is 1. The lowest BCUT2D eigenvalue weighted by Gasteiger charge is -2.29. The number of carbonyl (C=O) groups is 1. The number of amides is 1. The first-order valence-electron chi connectivity index (χ1n) is 10.7. The molecule has 32 heavy (non-hydrogen) atoms. The van der Waals surface area contributed by atoms with Gasteiger partial charge in [0.05, 0.1) is 10.4 Å². The molecule has 0 saturated carbocycles. The van der Waals surface area contributed by atoms with Gasteiger partial charge in [0.25, 0.3) is 5.56 Å². The zero-order valence-corrected chi connectivity index (χ0v) is 19.1. The van der Waals surface area contributed by atoms with Crippen molar-refractivity contribution in [1.82, 2.24) is 8.87 Å². The molecule has 1 N–H and O–H groups in total. The first kappa shape index (κ1) is 22.2. The Morgan fingerprint density at radius 1 is 1.03 bits per heavy atom. The molecule has 0 atom stereocenters. The molecule has 3 aromatic rings. The molecule has 2 aromatic carbocycles. The van der Waals surface area contributed by atoms with Gasteiger partial charge >= 0.3 is 0 Å². The van der Waals surface area contributed by atoms with Crippen LogP contribution in [0.1, 0.15) is 25.3 Å². The molecular formula is C24H27N3O4S. The van der Waals surface area contributed by atoms with E-state index in [2.05, 4.69) is 12.2 Å². The predicted octanol–water partition coefficient (Wildman–Crippen LogP) is 3.37. The van der Waals surface area contributed by atoms with E-state index in [-0.39, 0.29) is 22.9 Å². The van der Waals surface area contributed by atoms with Crippen LogP contribution in [0.4, 0.5) is 5.69 Å². The fourth-order valence-corrected chi connectivity index (χ4v) is 5.47. The highest BCUT2D eigenvalue weighted by atomic mass is 32.2. The van der Waals surface area contributed by atoms with E-state index in [9.17, 15) is 18.0 Å². The van der Waals surface area contributed by atoms with Crippen LogP contribution >= 0.6 is 0 Å². The zero-order valence-electron chi connectivity index (χ0n) is 18.2. The normalized spacial score (nSPS) is 15.7. The fraction of sp³-hybridized carbons (Fsp3) is 0.333. The number of piperidine rings is 1. The molecule has 1 aliphatic heterocycles. The van der Waals surface area contributed by atoms with Crippen molar-refractivity contribution in [1.29, 1.82) is 0 Å². The second kappa shape index (κ2) is 8.88. The van der Waals surface area contributed by atoms with E-state index in [4.69, 9.17) is 0 Å². The van der Waals surface area contributed by atoms with Crippen LogP contribution in [-0.2, 0) is 21.4 Å². The number of benzene rings is 2. The van der Waals surface area contributed by atoms with Crippen LogP contribution in [-0.4, -0.2) is 36.3 Å². The van der Waals surface area contributed by atoms with Crippen LogP contribution in [0, 0.1) is 12.8 Å². The molecule has 0 unspecified atom stereocenters. The summed E-state index contributed by atoms with van der Waals surface area (Å²) in [7, 11) is -3.60. The van der Waals surface area contributed by atoms with Gasteiger partial charge in [-0.2, -0.15) is 4.31 Å². The van der Waals surface area contributed by atoms with Gasteiger partial charge in [0.1, 0.15) is 6.54 Å². The Labute approximate surface area is 187 Å². The molecule has 1 aliphatic rings. The number of hydrogen-bond acceptors (Lipinski definition) is 4. The molecule has 4 rings (SSSR count). The molecule has 8 heteroatoms. The number of carbonyl (C=O) groups excluding carboxylic acids is 1. The van der Waals surface area contributed by atoms with Crippen molar-refractivity contribution in [3.8, 4) is 0 Å². The van der Waals surface area contributed by atoms with Gasteiger partial charge in [0.2, 0.25) is 15.9 Å². The molecule has 0 spiro atoms. The molecule has 1 amide bonds. The van der Waals surface area contributed by atoms with E-state index < -0.39 is 10.0 Å². The Kier molecular flexibility index (Phi) is 6.17. The van der Waals surface area contributed by atoms with Crippen LogP contribution in [0.25, 0.3) is 10.9 Å². The molecular weight excluding hydrogens is 426 g/mol. The van der Waals surface area contributed by atoms with Gasteiger partial charge in [-0.05, 0) is 67.5 Å². The maximum absolute atomic E-state index is 13.1. The lowest BCUT2D eigenvalue weighted by atomic mass is 10.0. The lowest BCUT2D eigenvalue weighted by molar-refractivity contribution is -0.116. The number of anilines is 1. The first-order valence-corrected chi connectivity index (χ1v) is 12.2. The first-order chi connectivity index (χ1) is 15.2. The summed E-state index contributed by atoms with van der Waals surface area (Å²) in [6, 6.07) is 15.1. The van der Waals surface area contributed by atoms with Crippen molar-refractivity contribution in [2.45, 2.75) is 38.1 Å². The molecule has 0 aliphatic carbocycles. The van der Waals surface area contributed by atoms with E-state index in [1.54, 1.807) is 30.3 Å². The Morgan fingerprint density at radius 2 is 1.72 bits per heavy atom. The highest BCUT2D eigenvalue weighted by Gasteiger charge is 2.28. The topological polar surface area (TPSA) is 88.5 Å². The van der Waals surface area contributed by atoms with E-state index in [0.717, 1.165) is 18.4 Å². The summed E-state index contributed by atoms with van der Waals surface area (Å²) < 4.78 is 29.1. The maximum atomic E-state index is 13.1. The van der Waals surface area contributed by atoms with Gasteiger partial charge in [-0.15, -0.1) is 0 Å². The second-order valence-corrected chi connectivity index (χ2v) is 10.4. The van der Waals surface area contributed by atoms with Gasteiger partial charge < -0.3 is 5.32 Å². The summed E-state index contributed by atoms with van der Waals surface area (Å²) in [5, 5.41) is 3.39. The minimum absolute atomic E-state index is 0.167. The van der Waals surface area contributed by atoms with Crippen LogP contribution in [0.15, 0.2) is 64.3 Å². The van der Waals surface area contributed by atoms with E-state index in [1.165, 1.54) is 21.0 Å². The predicted molar refractivity (Wildman–Crippen MR) is 125 cm³/mol. The average Bonchev–Trinajstić information content (AvgIpc) is 2.77. The highest BCUT2D eigenvalue weighted by Crippen LogP contribution is 2.25. The van der Waals surface area contributed by atoms with Gasteiger partial charge in [-0.25, -0.2) is 8.42 Å². The molecule has 168 valence electrons. The summed E-state index contributed by atoms with van der Waals surface area (Å²) in [4.78, 5) is 25.2. The van der Waals surface area contributed by atoms with Gasteiger partial charge in [0, 0.05) is 24.8 Å². The fourth-order valence-electron chi connectivity index (χ4n) is 3.96. The summed E-state index contributed by atoms with van der Waals surface area (Å²) in [6.45, 7) is 4.95. The Bertz CT molecular complexity index is 1310. The summed E-state index contributed by atoms with van der Waals surface area (Å²) in [5.74, 6) is 0.195. The number of pyridine rings is 1. The van der Waals surface area contributed by atoms with E-state index in [0.29, 0.717) is 35.6 Å². The lowest BCUT2D eigenvalue weighted by Crippen LogP contribution is -2.37. The SMILES string of the molecule is Cc1ccc(NC(=O)Cn2c(=O)ccc3cc(S(=O)(=O)N4CCC(C)CC4)ccc32)cc1. The molecule has 1 fully saturated rings. The number of fused-ring (bicyclic) bond motifs is 1. The van der Waals surface area contributed by atoms with Crippen LogP contribution in [0.5, 0.6) is 0 Å². The molecule has 0 radical (unpaired) electrons. The minimum Gasteiger partial charge on any atom is -0.325 e. The number of rotatable bonds is 5. The number of sulfonamides is 1. The van der Waals surface area contributed by atoms with Crippen molar-refractivity contribution in [3.63, 3.8) is 0 Å². The van der Waals surface area contributed by atoms with Crippen LogP contribution in [0.3, 0.4) is 0 Å². The second-order valence-electron chi connectivity index (χ2n) is 8.48. The largest absolute Gasteiger partial charge is 0.325 e.